The average Bonchev–Trinajstić information content (AvgIpc) is 2.42. The van der Waals surface area contributed by atoms with E-state index in [1.165, 1.54) is 50.8 Å². The topological polar surface area (TPSA) is 6.48 Å². The van der Waals surface area contributed by atoms with Crippen molar-refractivity contribution in [1.29, 1.82) is 0 Å². The van der Waals surface area contributed by atoms with E-state index in [1.54, 1.807) is 0 Å². The Balaban J connectivity index is 0. The number of likely N-dealkylation sites (tertiary alicyclic amines) is 1. The maximum absolute atomic E-state index is 2.39. The van der Waals surface area contributed by atoms with Crippen LogP contribution in [0.25, 0.3) is 0 Å². The molecular formula is C18H38N2. The molecule has 0 unspecified atom stereocenters. The van der Waals surface area contributed by atoms with E-state index < -0.39 is 0 Å². The van der Waals surface area contributed by atoms with Crippen LogP contribution >= 0.6 is 0 Å². The van der Waals surface area contributed by atoms with Crippen LogP contribution in [0, 0.1) is 0 Å². The highest BCUT2D eigenvalue weighted by molar-refractivity contribution is 4.96. The average molecular weight is 283 g/mol. The van der Waals surface area contributed by atoms with E-state index in [1.807, 2.05) is 13.8 Å². The van der Waals surface area contributed by atoms with Crippen LogP contribution in [0.3, 0.4) is 0 Å². The van der Waals surface area contributed by atoms with Gasteiger partial charge >= 0.3 is 0 Å². The van der Waals surface area contributed by atoms with Gasteiger partial charge in [0.2, 0.25) is 0 Å². The first-order valence-corrected chi connectivity index (χ1v) is 8.28. The van der Waals surface area contributed by atoms with Crippen LogP contribution in [0.2, 0.25) is 0 Å². The first kappa shape index (κ1) is 21.5. The van der Waals surface area contributed by atoms with Gasteiger partial charge in [-0.1, -0.05) is 45.3 Å². The van der Waals surface area contributed by atoms with E-state index >= 15 is 0 Å². The van der Waals surface area contributed by atoms with Crippen molar-refractivity contribution >= 4 is 0 Å². The molecule has 2 nitrogen and oxygen atoms in total. The number of nitrogens with zero attached hydrogens (tertiary/aromatic N) is 2. The Bertz CT molecular complexity index is 234. The summed E-state index contributed by atoms with van der Waals surface area (Å²) < 4.78 is 0. The Kier molecular flexibility index (Phi) is 17.5. The second kappa shape index (κ2) is 16.3. The van der Waals surface area contributed by atoms with Gasteiger partial charge in [0, 0.05) is 13.2 Å². The molecule has 1 aliphatic heterocycles. The Morgan fingerprint density at radius 2 is 1.65 bits per heavy atom. The summed E-state index contributed by atoms with van der Waals surface area (Å²) in [4.78, 5) is 4.48. The fraction of sp³-hybridized carbons (Fsp3) is 0.778. The summed E-state index contributed by atoms with van der Waals surface area (Å²) in [5.41, 5.74) is 1.33. The number of rotatable bonds is 4. The van der Waals surface area contributed by atoms with Crippen LogP contribution in [0.4, 0.5) is 0 Å². The molecule has 0 spiro atoms. The third-order valence-corrected chi connectivity index (χ3v) is 2.84. The first-order chi connectivity index (χ1) is 9.56. The SMILES string of the molecule is CC.CCC/C=C\N(C)C=C(C)C.CN1CCCCC1. The predicted octanol–water partition coefficient (Wildman–Crippen LogP) is 5.28. The third-order valence-electron chi connectivity index (χ3n) is 2.84. The first-order valence-electron chi connectivity index (χ1n) is 8.28. The molecule has 0 radical (unpaired) electrons. The lowest BCUT2D eigenvalue weighted by Gasteiger charge is -2.20. The van der Waals surface area contributed by atoms with Crippen LogP contribution in [-0.4, -0.2) is 37.0 Å². The normalized spacial score (nSPS) is 14.8. The van der Waals surface area contributed by atoms with E-state index in [-0.39, 0.29) is 0 Å². The molecule has 0 N–H and O–H groups in total. The van der Waals surface area contributed by atoms with Crippen LogP contribution in [0.5, 0.6) is 0 Å². The summed E-state index contributed by atoms with van der Waals surface area (Å²) >= 11 is 0. The molecular weight excluding hydrogens is 244 g/mol. The number of unbranched alkanes of at least 4 members (excludes halogenated alkanes) is 1. The van der Waals surface area contributed by atoms with Crippen LogP contribution in [0.15, 0.2) is 24.0 Å². The summed E-state index contributed by atoms with van der Waals surface area (Å²) in [6.07, 6.45) is 13.1. The van der Waals surface area contributed by atoms with E-state index in [0.29, 0.717) is 0 Å². The summed E-state index contributed by atoms with van der Waals surface area (Å²) in [6, 6.07) is 0. The van der Waals surface area contributed by atoms with Gasteiger partial charge in [-0.25, -0.2) is 0 Å². The van der Waals surface area contributed by atoms with Gasteiger partial charge in [0.25, 0.3) is 0 Å². The molecule has 0 atom stereocenters. The van der Waals surface area contributed by atoms with Gasteiger partial charge in [-0.15, -0.1) is 0 Å². The van der Waals surface area contributed by atoms with Gasteiger partial charge in [-0.2, -0.15) is 0 Å². The molecule has 1 aliphatic rings. The van der Waals surface area contributed by atoms with Crippen molar-refractivity contribution in [3.8, 4) is 0 Å². The summed E-state index contributed by atoms with van der Waals surface area (Å²) in [6.45, 7) is 13.0. The highest BCUT2D eigenvalue weighted by Gasteiger charge is 2.02. The van der Waals surface area contributed by atoms with Crippen LogP contribution in [-0.2, 0) is 0 Å². The van der Waals surface area contributed by atoms with Crippen LogP contribution < -0.4 is 0 Å². The van der Waals surface area contributed by atoms with Gasteiger partial charge in [-0.05, 0) is 59.4 Å². The summed E-state index contributed by atoms with van der Waals surface area (Å²) in [7, 11) is 4.25. The minimum Gasteiger partial charge on any atom is -0.358 e. The van der Waals surface area contributed by atoms with Crippen molar-refractivity contribution in [3.05, 3.63) is 24.0 Å². The molecule has 1 heterocycles. The van der Waals surface area contributed by atoms with Crippen LogP contribution in [0.1, 0.15) is 66.7 Å². The molecule has 20 heavy (non-hydrogen) atoms. The van der Waals surface area contributed by atoms with Crippen molar-refractivity contribution in [2.24, 2.45) is 0 Å². The zero-order chi connectivity index (χ0) is 15.8. The lowest BCUT2D eigenvalue weighted by atomic mass is 10.1. The molecule has 1 saturated heterocycles. The molecule has 0 saturated carbocycles. The molecule has 1 rings (SSSR count). The van der Waals surface area contributed by atoms with E-state index in [0.717, 1.165) is 0 Å². The van der Waals surface area contributed by atoms with Crippen molar-refractivity contribution in [2.75, 3.05) is 27.2 Å². The lowest BCUT2D eigenvalue weighted by Crippen LogP contribution is -2.24. The highest BCUT2D eigenvalue weighted by Crippen LogP contribution is 2.04. The lowest BCUT2D eigenvalue weighted by molar-refractivity contribution is 0.277. The van der Waals surface area contributed by atoms with E-state index in [2.05, 4.69) is 63.1 Å². The fourth-order valence-corrected chi connectivity index (χ4v) is 1.91. The zero-order valence-electron chi connectivity index (χ0n) is 15.1. The van der Waals surface area contributed by atoms with Crippen molar-refractivity contribution < 1.29 is 0 Å². The van der Waals surface area contributed by atoms with Gasteiger partial charge in [0.1, 0.15) is 0 Å². The molecule has 120 valence electrons. The summed E-state index contributed by atoms with van der Waals surface area (Å²) in [5.74, 6) is 0. The standard InChI is InChI=1S/C10H19N.C6H13N.C2H6/c1-5-6-7-8-11(4)9-10(2)3;1-7-5-3-2-4-6-7;1-2/h7-9H,5-6H2,1-4H3;2-6H2,1H3;1-2H3/b8-7-;;. The largest absolute Gasteiger partial charge is 0.358 e. The Hall–Kier alpha value is -0.760. The number of hydrogen-bond acceptors (Lipinski definition) is 2. The maximum Gasteiger partial charge on any atom is 0.0106 e. The maximum atomic E-state index is 2.39. The molecule has 2 heteroatoms. The predicted molar refractivity (Wildman–Crippen MR) is 93.9 cm³/mol. The zero-order valence-corrected chi connectivity index (χ0v) is 15.1. The van der Waals surface area contributed by atoms with Crippen molar-refractivity contribution in [2.45, 2.75) is 66.7 Å². The minimum atomic E-state index is 1.17. The van der Waals surface area contributed by atoms with Gasteiger partial charge < -0.3 is 9.80 Å². The third kappa shape index (κ3) is 17.2. The van der Waals surface area contributed by atoms with E-state index in [4.69, 9.17) is 0 Å². The monoisotopic (exact) mass is 282 g/mol. The Morgan fingerprint density at radius 1 is 1.10 bits per heavy atom. The number of piperidine rings is 1. The Morgan fingerprint density at radius 3 is 2.00 bits per heavy atom. The van der Waals surface area contributed by atoms with Gasteiger partial charge in [0.05, 0.1) is 0 Å². The quantitative estimate of drug-likeness (QED) is 0.692. The minimum absolute atomic E-state index is 1.17. The Labute approximate surface area is 128 Å². The molecule has 0 aromatic heterocycles. The number of allylic oxidation sites excluding steroid dienone is 2. The smallest absolute Gasteiger partial charge is 0.0106 e. The molecule has 0 bridgehead atoms. The number of hydrogen-bond donors (Lipinski definition) is 0. The van der Waals surface area contributed by atoms with E-state index in [9.17, 15) is 0 Å². The molecule has 0 amide bonds. The molecule has 0 aromatic carbocycles. The summed E-state index contributed by atoms with van der Waals surface area (Å²) in [5, 5.41) is 0. The molecule has 0 aromatic rings. The highest BCUT2D eigenvalue weighted by atomic mass is 15.1. The van der Waals surface area contributed by atoms with Crippen molar-refractivity contribution in [3.63, 3.8) is 0 Å². The molecule has 0 aliphatic carbocycles. The van der Waals surface area contributed by atoms with Crippen molar-refractivity contribution in [1.82, 2.24) is 9.80 Å². The second-order valence-corrected chi connectivity index (χ2v) is 5.41. The molecule has 1 fully saturated rings. The van der Waals surface area contributed by atoms with Gasteiger partial charge in [-0.3, -0.25) is 0 Å². The fourth-order valence-electron chi connectivity index (χ4n) is 1.91. The van der Waals surface area contributed by atoms with Gasteiger partial charge in [0.15, 0.2) is 0 Å². The second-order valence-electron chi connectivity index (χ2n) is 5.41.